The molecule has 3 aliphatic rings. The molecule has 1 saturated heterocycles. The fourth-order valence-electron chi connectivity index (χ4n) is 5.19. The number of nitrogens with zero attached hydrogens (tertiary/aromatic N) is 4. The van der Waals surface area contributed by atoms with E-state index in [-0.39, 0.29) is 6.04 Å². The molecule has 0 bridgehead atoms. The Morgan fingerprint density at radius 2 is 1.88 bits per heavy atom. The summed E-state index contributed by atoms with van der Waals surface area (Å²) < 4.78 is 7.84. The Hall–Kier alpha value is -2.70. The number of aromatic nitrogens is 1. The van der Waals surface area contributed by atoms with Crippen LogP contribution < -0.4 is 4.74 Å². The van der Waals surface area contributed by atoms with Crippen LogP contribution in [0.3, 0.4) is 0 Å². The molecular formula is C26H25BrN4O. The molecule has 1 atom stereocenters. The predicted octanol–water partition coefficient (Wildman–Crippen LogP) is 5.38. The number of hydrazone groups is 1. The Bertz CT molecular complexity index is 1140. The maximum absolute atomic E-state index is 6.77. The number of rotatable bonds is 3. The standard InChI is InChI=1S/C26H25BrN4O/c27-21-8-9-25-22(15-21)24-16-23(20-7-4-12-28-17-20)29-31(24)26(32-25)10-13-30(14-11-26)18-19-5-2-1-3-6-19/h1-9,12,15,17,24H,10-11,13-14,16,18H2. The molecule has 1 spiro atoms. The van der Waals surface area contributed by atoms with Crippen LogP contribution in [0.4, 0.5) is 0 Å². The molecule has 1 unspecified atom stereocenters. The molecule has 6 heteroatoms. The minimum atomic E-state index is -0.400. The molecule has 3 aliphatic heterocycles. The summed E-state index contributed by atoms with van der Waals surface area (Å²) in [4.78, 5) is 6.84. The van der Waals surface area contributed by atoms with Crippen molar-refractivity contribution in [3.63, 3.8) is 0 Å². The molecule has 0 amide bonds. The molecule has 0 radical (unpaired) electrons. The molecule has 32 heavy (non-hydrogen) atoms. The summed E-state index contributed by atoms with van der Waals surface area (Å²) in [6, 6.07) is 21.3. The zero-order valence-electron chi connectivity index (χ0n) is 17.8. The van der Waals surface area contributed by atoms with Gasteiger partial charge in [0.1, 0.15) is 5.75 Å². The minimum absolute atomic E-state index is 0.187. The third-order valence-electron chi connectivity index (χ3n) is 6.84. The van der Waals surface area contributed by atoms with Crippen molar-refractivity contribution in [1.29, 1.82) is 0 Å². The second-order valence-corrected chi connectivity index (χ2v) is 9.76. The lowest BCUT2D eigenvalue weighted by atomic mass is 9.90. The van der Waals surface area contributed by atoms with Gasteiger partial charge in [-0.3, -0.25) is 9.88 Å². The van der Waals surface area contributed by atoms with Crippen LogP contribution in [0.1, 0.15) is 42.0 Å². The van der Waals surface area contributed by atoms with E-state index < -0.39 is 5.72 Å². The van der Waals surface area contributed by atoms with Gasteiger partial charge in [0.05, 0.1) is 11.8 Å². The first-order valence-corrected chi connectivity index (χ1v) is 12.0. The number of fused-ring (bicyclic) bond motifs is 4. The maximum Gasteiger partial charge on any atom is 0.200 e. The van der Waals surface area contributed by atoms with E-state index in [0.717, 1.165) is 60.4 Å². The largest absolute Gasteiger partial charge is 0.466 e. The smallest absolute Gasteiger partial charge is 0.200 e. The number of likely N-dealkylation sites (tertiary alicyclic amines) is 1. The van der Waals surface area contributed by atoms with Gasteiger partial charge in [-0.15, -0.1) is 0 Å². The van der Waals surface area contributed by atoms with Gasteiger partial charge >= 0.3 is 0 Å². The highest BCUT2D eigenvalue weighted by Gasteiger charge is 2.51. The van der Waals surface area contributed by atoms with Crippen molar-refractivity contribution < 1.29 is 4.74 Å². The Balaban J connectivity index is 1.31. The minimum Gasteiger partial charge on any atom is -0.466 e. The summed E-state index contributed by atoms with van der Waals surface area (Å²) in [5.74, 6) is 0.994. The van der Waals surface area contributed by atoms with Gasteiger partial charge in [-0.25, -0.2) is 5.01 Å². The lowest BCUT2D eigenvalue weighted by molar-refractivity contribution is -0.150. The molecular weight excluding hydrogens is 464 g/mol. The highest BCUT2D eigenvalue weighted by Crippen LogP contribution is 2.50. The number of benzene rings is 2. The zero-order chi connectivity index (χ0) is 21.5. The first-order valence-electron chi connectivity index (χ1n) is 11.2. The molecule has 0 aliphatic carbocycles. The Kier molecular flexibility index (Phi) is 5.00. The van der Waals surface area contributed by atoms with Crippen molar-refractivity contribution in [2.24, 2.45) is 5.10 Å². The number of hydrogen-bond acceptors (Lipinski definition) is 5. The summed E-state index contributed by atoms with van der Waals surface area (Å²) in [6.45, 7) is 2.96. The van der Waals surface area contributed by atoms with Crippen molar-refractivity contribution in [3.05, 3.63) is 94.2 Å². The predicted molar refractivity (Wildman–Crippen MR) is 128 cm³/mol. The molecule has 6 rings (SSSR count). The molecule has 162 valence electrons. The molecule has 0 N–H and O–H groups in total. The molecule has 1 fully saturated rings. The van der Waals surface area contributed by atoms with Gasteiger partial charge in [-0.1, -0.05) is 52.3 Å². The number of hydrogen-bond donors (Lipinski definition) is 0. The van der Waals surface area contributed by atoms with E-state index in [0.29, 0.717) is 0 Å². The Morgan fingerprint density at radius 3 is 2.66 bits per heavy atom. The second-order valence-electron chi connectivity index (χ2n) is 8.85. The number of halogens is 1. The number of pyridine rings is 1. The highest BCUT2D eigenvalue weighted by molar-refractivity contribution is 9.10. The van der Waals surface area contributed by atoms with E-state index in [9.17, 15) is 0 Å². The quantitative estimate of drug-likeness (QED) is 0.496. The lowest BCUT2D eigenvalue weighted by Gasteiger charge is -2.51. The van der Waals surface area contributed by atoms with Crippen LogP contribution in [0.25, 0.3) is 0 Å². The molecule has 1 aromatic heterocycles. The van der Waals surface area contributed by atoms with Crippen molar-refractivity contribution in [3.8, 4) is 5.75 Å². The van der Waals surface area contributed by atoms with Gasteiger partial charge in [0.2, 0.25) is 5.72 Å². The van der Waals surface area contributed by atoms with Crippen LogP contribution >= 0.6 is 15.9 Å². The fraction of sp³-hybridized carbons (Fsp3) is 0.308. The average Bonchev–Trinajstić information content (AvgIpc) is 3.30. The Labute approximate surface area is 196 Å². The van der Waals surface area contributed by atoms with Gasteiger partial charge in [0, 0.05) is 66.9 Å². The molecule has 0 saturated carbocycles. The van der Waals surface area contributed by atoms with Crippen LogP contribution in [-0.2, 0) is 6.54 Å². The monoisotopic (exact) mass is 488 g/mol. The summed E-state index contributed by atoms with van der Waals surface area (Å²) in [5.41, 5.74) is 4.35. The van der Waals surface area contributed by atoms with Crippen LogP contribution in [0, 0.1) is 0 Å². The number of piperidine rings is 1. The van der Waals surface area contributed by atoms with Crippen molar-refractivity contribution >= 4 is 21.6 Å². The van der Waals surface area contributed by atoms with Crippen LogP contribution in [0.5, 0.6) is 5.75 Å². The summed E-state index contributed by atoms with van der Waals surface area (Å²) >= 11 is 3.65. The first-order chi connectivity index (χ1) is 15.7. The third kappa shape index (κ3) is 3.51. The van der Waals surface area contributed by atoms with Crippen molar-refractivity contribution in [2.45, 2.75) is 37.6 Å². The third-order valence-corrected chi connectivity index (χ3v) is 7.33. The van der Waals surface area contributed by atoms with Gasteiger partial charge in [0.15, 0.2) is 0 Å². The van der Waals surface area contributed by atoms with E-state index in [2.05, 4.69) is 85.4 Å². The van der Waals surface area contributed by atoms with E-state index in [1.165, 1.54) is 11.1 Å². The SMILES string of the molecule is Brc1ccc2c(c1)C1CC(c3cccnc3)=NN1C1(CCN(Cc3ccccc3)CC1)O2. The van der Waals surface area contributed by atoms with Crippen LogP contribution in [-0.4, -0.2) is 39.4 Å². The van der Waals surface area contributed by atoms with Crippen LogP contribution in [0.15, 0.2) is 82.6 Å². The van der Waals surface area contributed by atoms with Gasteiger partial charge in [-0.05, 0) is 29.8 Å². The average molecular weight is 489 g/mol. The lowest BCUT2D eigenvalue weighted by Crippen LogP contribution is -2.59. The summed E-state index contributed by atoms with van der Waals surface area (Å²) in [7, 11) is 0. The van der Waals surface area contributed by atoms with E-state index in [1.54, 1.807) is 0 Å². The summed E-state index contributed by atoms with van der Waals surface area (Å²) in [5, 5.41) is 7.41. The van der Waals surface area contributed by atoms with Crippen LogP contribution in [0.2, 0.25) is 0 Å². The normalized spacial score (nSPS) is 21.6. The second kappa shape index (κ2) is 8.01. The molecule has 5 nitrogen and oxygen atoms in total. The molecule has 3 aromatic rings. The zero-order valence-corrected chi connectivity index (χ0v) is 19.4. The van der Waals surface area contributed by atoms with Crippen molar-refractivity contribution in [2.75, 3.05) is 13.1 Å². The maximum atomic E-state index is 6.77. The van der Waals surface area contributed by atoms with Gasteiger partial charge in [-0.2, -0.15) is 5.10 Å². The topological polar surface area (TPSA) is 41.0 Å². The fourth-order valence-corrected chi connectivity index (χ4v) is 5.57. The number of ether oxygens (including phenoxy) is 1. The summed E-state index contributed by atoms with van der Waals surface area (Å²) in [6.07, 6.45) is 6.44. The van der Waals surface area contributed by atoms with E-state index >= 15 is 0 Å². The first kappa shape index (κ1) is 19.9. The van der Waals surface area contributed by atoms with E-state index in [1.807, 2.05) is 18.5 Å². The Morgan fingerprint density at radius 1 is 1.03 bits per heavy atom. The van der Waals surface area contributed by atoms with Crippen molar-refractivity contribution in [1.82, 2.24) is 14.9 Å². The molecule has 4 heterocycles. The highest BCUT2D eigenvalue weighted by atomic mass is 79.9. The van der Waals surface area contributed by atoms with Gasteiger partial charge < -0.3 is 4.74 Å². The van der Waals surface area contributed by atoms with E-state index in [4.69, 9.17) is 9.84 Å². The van der Waals surface area contributed by atoms with Gasteiger partial charge in [0.25, 0.3) is 0 Å². The molecule has 2 aromatic carbocycles.